The SMILES string of the molecule is COc1cccc2c1CC[C@H]1CNC(CCn3c(=O)[nH]c4c(C)cc(C)cc4c3=O)[C@@H]21.Cl. The minimum Gasteiger partial charge on any atom is -0.496 e. The lowest BCUT2D eigenvalue weighted by Crippen LogP contribution is -2.38. The summed E-state index contributed by atoms with van der Waals surface area (Å²) in [4.78, 5) is 28.8. The van der Waals surface area contributed by atoms with Gasteiger partial charge in [0, 0.05) is 18.5 Å². The fourth-order valence-electron chi connectivity index (χ4n) is 5.79. The van der Waals surface area contributed by atoms with Gasteiger partial charge in [-0.25, -0.2) is 4.79 Å². The zero-order valence-corrected chi connectivity index (χ0v) is 19.6. The highest BCUT2D eigenvalue weighted by molar-refractivity contribution is 5.85. The third-order valence-electron chi connectivity index (χ3n) is 7.19. The van der Waals surface area contributed by atoms with Crippen LogP contribution in [0.15, 0.2) is 39.9 Å². The number of halogens is 1. The number of hydrogen-bond acceptors (Lipinski definition) is 4. The zero-order valence-electron chi connectivity index (χ0n) is 18.7. The van der Waals surface area contributed by atoms with Crippen molar-refractivity contribution in [1.29, 1.82) is 0 Å². The number of aromatic nitrogens is 2. The smallest absolute Gasteiger partial charge is 0.328 e. The summed E-state index contributed by atoms with van der Waals surface area (Å²) in [7, 11) is 1.73. The van der Waals surface area contributed by atoms with Gasteiger partial charge in [-0.2, -0.15) is 0 Å². The van der Waals surface area contributed by atoms with Gasteiger partial charge in [0.1, 0.15) is 5.75 Å². The molecule has 1 fully saturated rings. The van der Waals surface area contributed by atoms with Gasteiger partial charge < -0.3 is 15.0 Å². The fourth-order valence-corrected chi connectivity index (χ4v) is 5.79. The minimum absolute atomic E-state index is 0. The van der Waals surface area contributed by atoms with Crippen molar-refractivity contribution in [3.05, 3.63) is 73.4 Å². The van der Waals surface area contributed by atoms with Gasteiger partial charge in [-0.15, -0.1) is 12.4 Å². The van der Waals surface area contributed by atoms with Crippen LogP contribution in [0.5, 0.6) is 5.75 Å². The largest absolute Gasteiger partial charge is 0.496 e. The molecular weight excluding hydrogens is 426 g/mol. The quantitative estimate of drug-likeness (QED) is 0.631. The van der Waals surface area contributed by atoms with E-state index in [2.05, 4.69) is 22.4 Å². The Hall–Kier alpha value is -2.57. The molecule has 6 nitrogen and oxygen atoms in total. The molecule has 1 saturated heterocycles. The summed E-state index contributed by atoms with van der Waals surface area (Å²) in [5, 5.41) is 4.26. The Bertz CT molecular complexity index is 1280. The molecule has 1 aliphatic heterocycles. The lowest BCUT2D eigenvalue weighted by molar-refractivity contribution is 0.371. The molecule has 0 bridgehead atoms. The average Bonchev–Trinajstić information content (AvgIpc) is 3.17. The Labute approximate surface area is 193 Å². The normalized spacial score (nSPS) is 21.7. The van der Waals surface area contributed by atoms with Crippen molar-refractivity contribution in [2.75, 3.05) is 13.7 Å². The molecule has 1 unspecified atom stereocenters. The molecule has 2 heterocycles. The molecule has 5 rings (SSSR count). The maximum atomic E-state index is 13.1. The second-order valence-corrected chi connectivity index (χ2v) is 9.05. The average molecular weight is 456 g/mol. The molecule has 3 atom stereocenters. The summed E-state index contributed by atoms with van der Waals surface area (Å²) in [6.45, 7) is 5.27. The number of aryl methyl sites for hydroxylation is 2. The van der Waals surface area contributed by atoms with Crippen LogP contribution in [0.25, 0.3) is 10.9 Å². The van der Waals surface area contributed by atoms with Gasteiger partial charge in [-0.05, 0) is 80.0 Å². The van der Waals surface area contributed by atoms with Gasteiger partial charge in [-0.1, -0.05) is 18.2 Å². The first kappa shape index (κ1) is 22.6. The molecule has 1 aliphatic carbocycles. The molecule has 0 radical (unpaired) electrons. The zero-order chi connectivity index (χ0) is 21.7. The van der Waals surface area contributed by atoms with Crippen molar-refractivity contribution in [3.63, 3.8) is 0 Å². The predicted molar refractivity (Wildman–Crippen MR) is 130 cm³/mol. The second-order valence-electron chi connectivity index (χ2n) is 9.05. The van der Waals surface area contributed by atoms with Crippen LogP contribution in [0, 0.1) is 19.8 Å². The van der Waals surface area contributed by atoms with Crippen molar-refractivity contribution >= 4 is 23.3 Å². The van der Waals surface area contributed by atoms with Crippen molar-refractivity contribution in [2.24, 2.45) is 5.92 Å². The van der Waals surface area contributed by atoms with E-state index >= 15 is 0 Å². The van der Waals surface area contributed by atoms with Crippen LogP contribution in [0.4, 0.5) is 0 Å². The monoisotopic (exact) mass is 455 g/mol. The Balaban J connectivity index is 0.00000245. The van der Waals surface area contributed by atoms with Gasteiger partial charge >= 0.3 is 5.69 Å². The van der Waals surface area contributed by atoms with E-state index in [9.17, 15) is 9.59 Å². The fraction of sp³-hybridized carbons (Fsp3) is 0.440. The summed E-state index contributed by atoms with van der Waals surface area (Å²) in [6.07, 6.45) is 2.91. The minimum atomic E-state index is -0.329. The molecule has 2 aliphatic rings. The van der Waals surface area contributed by atoms with E-state index in [0.717, 1.165) is 42.7 Å². The number of ether oxygens (including phenoxy) is 1. The molecule has 2 aromatic carbocycles. The standard InChI is InChI=1S/C25H29N3O3.ClH/c1-14-11-15(2)23-19(12-14)24(29)28(25(30)27-23)10-9-20-22-16(13-26-20)7-8-17-18(22)5-4-6-21(17)31-3;/h4-6,11-12,16,20,22,26H,7-10,13H2,1-3H3,(H,27,30);1H/t16-,20?,22+;/m0./s1. The molecular formula is C25H30ClN3O3. The van der Waals surface area contributed by atoms with Gasteiger partial charge in [0.2, 0.25) is 0 Å². The van der Waals surface area contributed by atoms with E-state index in [-0.39, 0.29) is 29.7 Å². The molecule has 1 aromatic heterocycles. The number of nitrogens with zero attached hydrogens (tertiary/aromatic N) is 1. The number of hydrogen-bond donors (Lipinski definition) is 2. The number of rotatable bonds is 4. The highest BCUT2D eigenvalue weighted by Crippen LogP contribution is 2.45. The molecule has 0 saturated carbocycles. The first-order valence-corrected chi connectivity index (χ1v) is 11.1. The molecule has 32 heavy (non-hydrogen) atoms. The van der Waals surface area contributed by atoms with Crippen LogP contribution < -0.4 is 21.3 Å². The van der Waals surface area contributed by atoms with E-state index in [1.54, 1.807) is 7.11 Å². The topological polar surface area (TPSA) is 76.1 Å². The van der Waals surface area contributed by atoms with Crippen LogP contribution in [0.1, 0.15) is 41.0 Å². The van der Waals surface area contributed by atoms with Gasteiger partial charge in [0.15, 0.2) is 0 Å². The maximum absolute atomic E-state index is 13.1. The molecule has 7 heteroatoms. The first-order valence-electron chi connectivity index (χ1n) is 11.1. The Morgan fingerprint density at radius 3 is 2.78 bits per heavy atom. The van der Waals surface area contributed by atoms with Crippen molar-refractivity contribution < 1.29 is 4.74 Å². The first-order chi connectivity index (χ1) is 15.0. The highest BCUT2D eigenvalue weighted by Gasteiger charge is 2.40. The summed E-state index contributed by atoms with van der Waals surface area (Å²) in [6, 6.07) is 10.4. The van der Waals surface area contributed by atoms with Crippen LogP contribution in [-0.2, 0) is 13.0 Å². The number of methoxy groups -OCH3 is 1. The van der Waals surface area contributed by atoms with Crippen molar-refractivity contribution in [2.45, 2.75) is 51.6 Å². The Morgan fingerprint density at radius 2 is 2.00 bits per heavy atom. The molecule has 170 valence electrons. The third kappa shape index (κ3) is 3.65. The number of aromatic amines is 1. The molecule has 3 aromatic rings. The second kappa shape index (κ2) is 8.75. The van der Waals surface area contributed by atoms with Crippen LogP contribution >= 0.6 is 12.4 Å². The summed E-state index contributed by atoms with van der Waals surface area (Å²) in [5.74, 6) is 1.94. The van der Waals surface area contributed by atoms with E-state index < -0.39 is 0 Å². The van der Waals surface area contributed by atoms with Crippen molar-refractivity contribution in [3.8, 4) is 5.75 Å². The van der Waals surface area contributed by atoms with E-state index in [4.69, 9.17) is 4.74 Å². The van der Waals surface area contributed by atoms with E-state index in [1.165, 1.54) is 15.7 Å². The summed E-state index contributed by atoms with van der Waals surface area (Å²) < 4.78 is 6.97. The summed E-state index contributed by atoms with van der Waals surface area (Å²) >= 11 is 0. The molecule has 0 amide bonds. The number of nitrogens with one attached hydrogen (secondary N) is 2. The van der Waals surface area contributed by atoms with Gasteiger partial charge in [0.05, 0.1) is 18.0 Å². The number of H-pyrrole nitrogens is 1. The van der Waals surface area contributed by atoms with Crippen LogP contribution in [0.3, 0.4) is 0 Å². The number of benzene rings is 2. The molecule has 0 spiro atoms. The Morgan fingerprint density at radius 1 is 1.19 bits per heavy atom. The summed E-state index contributed by atoms with van der Waals surface area (Å²) in [5.41, 5.74) is 4.72. The Kier molecular flexibility index (Phi) is 6.19. The lowest BCUT2D eigenvalue weighted by Gasteiger charge is -2.32. The predicted octanol–water partition coefficient (Wildman–Crippen LogP) is 3.45. The van der Waals surface area contributed by atoms with E-state index in [1.807, 2.05) is 32.0 Å². The van der Waals surface area contributed by atoms with Gasteiger partial charge in [-0.3, -0.25) is 9.36 Å². The van der Waals surface area contributed by atoms with Crippen LogP contribution in [0.2, 0.25) is 0 Å². The molecule has 2 N–H and O–H groups in total. The maximum Gasteiger partial charge on any atom is 0.328 e. The highest BCUT2D eigenvalue weighted by atomic mass is 35.5. The van der Waals surface area contributed by atoms with Crippen LogP contribution in [-0.4, -0.2) is 29.2 Å². The third-order valence-corrected chi connectivity index (χ3v) is 7.19. The lowest BCUT2D eigenvalue weighted by atomic mass is 9.73. The van der Waals surface area contributed by atoms with E-state index in [0.29, 0.717) is 29.3 Å². The number of fused-ring (bicyclic) bond motifs is 4. The van der Waals surface area contributed by atoms with Crippen molar-refractivity contribution in [1.82, 2.24) is 14.9 Å². The van der Waals surface area contributed by atoms with Gasteiger partial charge in [0.25, 0.3) is 5.56 Å².